The van der Waals surface area contributed by atoms with Crippen LogP contribution in [0.15, 0.2) is 53.2 Å². The van der Waals surface area contributed by atoms with Gasteiger partial charge in [0, 0.05) is 29.2 Å². The molecule has 1 aliphatic rings. The van der Waals surface area contributed by atoms with Gasteiger partial charge in [0.2, 0.25) is 5.91 Å². The number of halogens is 2. The maximum atomic E-state index is 13.4. The molecule has 1 atom stereocenters. The third-order valence-electron chi connectivity index (χ3n) is 5.29. The van der Waals surface area contributed by atoms with Crippen molar-refractivity contribution in [2.24, 2.45) is 10.7 Å². The quantitative estimate of drug-likeness (QED) is 0.503. The largest absolute Gasteiger partial charge is 0.677 e. The van der Waals surface area contributed by atoms with Crippen molar-refractivity contribution >= 4 is 36.8 Å². The number of amides is 1. The lowest BCUT2D eigenvalue weighted by Crippen LogP contribution is -2.32. The minimum absolute atomic E-state index is 0.198. The van der Waals surface area contributed by atoms with Crippen LogP contribution >= 0.6 is 0 Å². The first-order chi connectivity index (χ1) is 15.6. The molecule has 3 rings (SSSR count). The number of anilines is 1. The second-order valence-electron chi connectivity index (χ2n) is 7.90. The number of aliphatic imine (C=N–C) groups is 1. The van der Waals surface area contributed by atoms with Gasteiger partial charge < -0.3 is 20.6 Å². The summed E-state index contributed by atoms with van der Waals surface area (Å²) in [6.07, 6.45) is 5.94. The van der Waals surface area contributed by atoms with Crippen LogP contribution in [0.4, 0.5) is 14.3 Å². The Balaban J connectivity index is 1.55. The number of hydrogen-bond acceptors (Lipinski definition) is 4. The van der Waals surface area contributed by atoms with Crippen molar-refractivity contribution in [1.29, 1.82) is 0 Å². The molecule has 33 heavy (non-hydrogen) atoms. The third kappa shape index (κ3) is 6.26. The van der Waals surface area contributed by atoms with Gasteiger partial charge in [0.25, 0.3) is 0 Å². The molecule has 2 heterocycles. The lowest BCUT2D eigenvalue weighted by molar-refractivity contribution is -0.138. The number of nitrogens with one attached hydrogen (secondary N) is 1. The smallest absolute Gasteiger partial charge is 0.480 e. The van der Waals surface area contributed by atoms with Crippen LogP contribution in [0.25, 0.3) is 6.08 Å². The molecule has 0 fully saturated rings. The fraction of sp³-hybridized carbons (Fsp3) is 0.261. The molecule has 0 radical (unpaired) electrons. The second kappa shape index (κ2) is 10.4. The fourth-order valence-corrected chi connectivity index (χ4v) is 3.59. The van der Waals surface area contributed by atoms with E-state index < -0.39 is 19.4 Å². The van der Waals surface area contributed by atoms with Crippen molar-refractivity contribution in [3.8, 4) is 0 Å². The molecule has 1 aromatic heterocycles. The summed E-state index contributed by atoms with van der Waals surface area (Å²) in [6, 6.07) is 7.56. The number of carboxylic acids is 1. The molecule has 0 saturated carbocycles. The second-order valence-corrected chi connectivity index (χ2v) is 7.90. The monoisotopic (exact) mass is 454 g/mol. The molecule has 1 aliphatic heterocycles. The first kappa shape index (κ1) is 24.1. The number of hydrogen-bond donors (Lipinski definition) is 3. The predicted octanol–water partition coefficient (Wildman–Crippen LogP) is 3.60. The molecule has 0 saturated heterocycles. The van der Waals surface area contributed by atoms with Crippen LogP contribution in [-0.4, -0.2) is 40.6 Å². The zero-order chi connectivity index (χ0) is 24.1. The normalized spacial score (nSPS) is 14.9. The summed E-state index contributed by atoms with van der Waals surface area (Å²) in [4.78, 5) is 27.5. The number of rotatable bonds is 9. The highest BCUT2D eigenvalue weighted by Crippen LogP contribution is 2.23. The summed E-state index contributed by atoms with van der Waals surface area (Å²) in [5.41, 5.74) is 9.77. The van der Waals surface area contributed by atoms with Crippen LogP contribution in [0.1, 0.15) is 35.4 Å². The zero-order valence-corrected chi connectivity index (χ0v) is 18.4. The Labute approximate surface area is 190 Å². The highest BCUT2D eigenvalue weighted by molar-refractivity contribution is 6.41. The number of carbonyl (C=O) groups excluding carboxylic acids is 1. The number of benzene rings is 1. The van der Waals surface area contributed by atoms with Gasteiger partial charge in [-0.15, -0.1) is 0 Å². The van der Waals surface area contributed by atoms with Crippen molar-refractivity contribution < 1.29 is 23.3 Å². The average Bonchev–Trinajstić information content (AvgIpc) is 3.31. The third-order valence-corrected chi connectivity index (χ3v) is 5.29. The molecular weight excluding hydrogens is 429 g/mol. The van der Waals surface area contributed by atoms with Gasteiger partial charge in [0.1, 0.15) is 6.04 Å². The predicted molar refractivity (Wildman–Crippen MR) is 125 cm³/mol. The summed E-state index contributed by atoms with van der Waals surface area (Å²) >= 11 is 0. The molecule has 0 unspecified atom stereocenters. The number of carbonyl (C=O) groups is 2. The van der Waals surface area contributed by atoms with E-state index in [2.05, 4.69) is 10.3 Å². The average molecular weight is 454 g/mol. The van der Waals surface area contributed by atoms with E-state index in [1.807, 2.05) is 0 Å². The summed E-state index contributed by atoms with van der Waals surface area (Å²) < 4.78 is 27.7. The highest BCUT2D eigenvalue weighted by atomic mass is 19.2. The number of carboxylic acid groups (broad SMARTS) is 1. The van der Waals surface area contributed by atoms with Crippen molar-refractivity contribution in [2.45, 2.75) is 39.2 Å². The summed E-state index contributed by atoms with van der Waals surface area (Å²) in [5, 5.41) is 11.7. The molecule has 1 aromatic carbocycles. The molecular formula is C23H25BF2N4O3. The van der Waals surface area contributed by atoms with Crippen LogP contribution in [0.2, 0.25) is 0 Å². The number of allylic oxidation sites excluding steroid dienone is 2. The van der Waals surface area contributed by atoms with Gasteiger partial charge >= 0.3 is 13.4 Å². The Morgan fingerprint density at radius 1 is 1.24 bits per heavy atom. The van der Waals surface area contributed by atoms with Gasteiger partial charge in [-0.05, 0) is 74.2 Å². The zero-order valence-electron chi connectivity index (χ0n) is 18.4. The molecule has 1 amide bonds. The van der Waals surface area contributed by atoms with Crippen molar-refractivity contribution in [3.63, 3.8) is 0 Å². The van der Waals surface area contributed by atoms with E-state index in [1.165, 1.54) is 0 Å². The van der Waals surface area contributed by atoms with Crippen LogP contribution in [-0.2, 0) is 16.0 Å². The summed E-state index contributed by atoms with van der Waals surface area (Å²) in [5.74, 6) is -1.26. The van der Waals surface area contributed by atoms with E-state index in [4.69, 9.17) is 10.8 Å². The van der Waals surface area contributed by atoms with E-state index in [0.29, 0.717) is 34.9 Å². The lowest BCUT2D eigenvalue weighted by Gasteiger charge is -2.08. The molecule has 4 N–H and O–H groups in total. The Hall–Kier alpha value is -3.53. The van der Waals surface area contributed by atoms with Gasteiger partial charge in [-0.1, -0.05) is 12.1 Å². The molecule has 0 spiro atoms. The first-order valence-corrected chi connectivity index (χ1v) is 10.4. The van der Waals surface area contributed by atoms with Crippen molar-refractivity contribution in [1.82, 2.24) is 4.48 Å². The number of nitrogens with zero attached hydrogens (tertiary/aromatic N) is 2. The van der Waals surface area contributed by atoms with Gasteiger partial charge in [-0.25, -0.2) is 0 Å². The Morgan fingerprint density at radius 2 is 1.94 bits per heavy atom. The maximum Gasteiger partial charge on any atom is 0.677 e. The summed E-state index contributed by atoms with van der Waals surface area (Å²) in [6.45, 7) is 3.41. The molecule has 0 bridgehead atoms. The lowest BCUT2D eigenvalue weighted by atomic mass is 10.1. The van der Waals surface area contributed by atoms with E-state index in [-0.39, 0.29) is 18.7 Å². The molecule has 0 aliphatic carbocycles. The fourth-order valence-electron chi connectivity index (χ4n) is 3.59. The highest BCUT2D eigenvalue weighted by Gasteiger charge is 2.23. The maximum absolute atomic E-state index is 13.4. The summed E-state index contributed by atoms with van der Waals surface area (Å²) in [7, 11) is -2.63. The Morgan fingerprint density at radius 3 is 2.58 bits per heavy atom. The van der Waals surface area contributed by atoms with Crippen molar-refractivity contribution in [2.75, 3.05) is 5.32 Å². The number of nitrogens with two attached hydrogens (primary N) is 1. The minimum Gasteiger partial charge on any atom is -0.480 e. The first-order valence-electron chi connectivity index (χ1n) is 10.4. The van der Waals surface area contributed by atoms with Crippen molar-refractivity contribution in [3.05, 3.63) is 70.7 Å². The van der Waals surface area contributed by atoms with Gasteiger partial charge in [-0.2, -0.15) is 0 Å². The number of aliphatic carboxylic acids is 1. The number of aromatic nitrogens is 1. The molecule has 172 valence electrons. The van der Waals surface area contributed by atoms with Crippen LogP contribution in [0.5, 0.6) is 0 Å². The topological polar surface area (TPSA) is 110 Å². The van der Waals surface area contributed by atoms with E-state index in [1.54, 1.807) is 62.4 Å². The van der Waals surface area contributed by atoms with E-state index in [0.717, 1.165) is 15.6 Å². The van der Waals surface area contributed by atoms with Crippen LogP contribution in [0.3, 0.4) is 0 Å². The van der Waals surface area contributed by atoms with Gasteiger partial charge in [0.15, 0.2) is 0 Å². The van der Waals surface area contributed by atoms with E-state index >= 15 is 0 Å². The van der Waals surface area contributed by atoms with Gasteiger partial charge in [-0.3, -0.25) is 23.2 Å². The minimum atomic E-state index is -2.63. The Bertz CT molecular complexity index is 1140. The number of aryl methyl sites for hydroxylation is 2. The SMILES string of the molecule is Cc1cc(C)n(B(F)F)c1/C=C1/C=CC(CCC(=O)Nc2ccc(C[C@H](N)C(=O)O)cc2)=N1. The molecule has 2 aromatic rings. The van der Waals surface area contributed by atoms with E-state index in [9.17, 15) is 18.2 Å². The molecule has 7 nitrogen and oxygen atoms in total. The molecule has 10 heteroatoms. The Kier molecular flexibility index (Phi) is 7.60. The standard InChI is InChI=1S/C23H25BF2N4O3/c1-14-11-15(2)30(24(25)26)21(14)13-19-8-7-17(28-19)9-10-22(31)29-18-5-3-16(4-6-18)12-20(27)23(32)33/h3-8,11,13,20H,9-10,12,27H2,1-2H3,(H,29,31)(H,32,33)/b19-13-/t20-/m0/s1. The van der Waals surface area contributed by atoms with Crippen LogP contribution < -0.4 is 11.1 Å². The van der Waals surface area contributed by atoms with Gasteiger partial charge in [0.05, 0.1) is 5.70 Å². The van der Waals surface area contributed by atoms with Crippen LogP contribution in [0, 0.1) is 13.8 Å².